The smallest absolute Gasteiger partial charge is 0.416 e. The zero-order chi connectivity index (χ0) is 19.4. The Labute approximate surface area is 154 Å². The molecule has 5 nitrogen and oxygen atoms in total. The van der Waals surface area contributed by atoms with Crippen molar-refractivity contribution in [2.75, 3.05) is 5.32 Å². The van der Waals surface area contributed by atoms with Crippen molar-refractivity contribution in [3.63, 3.8) is 0 Å². The standard InChI is InChI=1S/C19H18F3N3O2/c1-24-10-2-4-16(24)12-25(13-17-5-3-11-27-17)18(26)23-15-8-6-14(7-9-15)19(20,21)22/h2-11H,12-13H2,1H3,(H,23,26). The van der Waals surface area contributed by atoms with E-state index >= 15 is 0 Å². The molecule has 0 bridgehead atoms. The number of furan rings is 1. The van der Waals surface area contributed by atoms with Crippen molar-refractivity contribution in [1.82, 2.24) is 9.47 Å². The number of anilines is 1. The van der Waals surface area contributed by atoms with Gasteiger partial charge in [0.1, 0.15) is 5.76 Å². The minimum absolute atomic E-state index is 0.227. The average molecular weight is 377 g/mol. The third-order valence-corrected chi connectivity index (χ3v) is 4.08. The molecule has 1 N–H and O–H groups in total. The van der Waals surface area contributed by atoms with Gasteiger partial charge in [0.15, 0.2) is 0 Å². The van der Waals surface area contributed by atoms with Crippen molar-refractivity contribution in [1.29, 1.82) is 0 Å². The van der Waals surface area contributed by atoms with E-state index in [-0.39, 0.29) is 12.2 Å². The highest BCUT2D eigenvalue weighted by atomic mass is 19.4. The predicted molar refractivity (Wildman–Crippen MR) is 93.8 cm³/mol. The van der Waals surface area contributed by atoms with E-state index in [1.165, 1.54) is 23.3 Å². The van der Waals surface area contributed by atoms with Crippen LogP contribution in [0.4, 0.5) is 23.7 Å². The summed E-state index contributed by atoms with van der Waals surface area (Å²) in [5.74, 6) is 0.603. The fraction of sp³-hybridized carbons (Fsp3) is 0.211. The second-order valence-corrected chi connectivity index (χ2v) is 6.05. The van der Waals surface area contributed by atoms with Gasteiger partial charge in [0.05, 0.1) is 24.9 Å². The van der Waals surface area contributed by atoms with E-state index in [0.717, 1.165) is 17.8 Å². The van der Waals surface area contributed by atoms with Gasteiger partial charge in [-0.2, -0.15) is 13.2 Å². The molecule has 27 heavy (non-hydrogen) atoms. The van der Waals surface area contributed by atoms with Crippen LogP contribution in [-0.2, 0) is 26.3 Å². The first-order chi connectivity index (χ1) is 12.8. The highest BCUT2D eigenvalue weighted by molar-refractivity contribution is 5.89. The largest absolute Gasteiger partial charge is 0.467 e. The first kappa shape index (κ1) is 18.6. The van der Waals surface area contributed by atoms with Gasteiger partial charge in [-0.1, -0.05) is 0 Å². The van der Waals surface area contributed by atoms with E-state index < -0.39 is 17.8 Å². The van der Waals surface area contributed by atoms with Crippen molar-refractivity contribution in [3.05, 3.63) is 78.0 Å². The molecule has 0 fully saturated rings. The SMILES string of the molecule is Cn1cccc1CN(Cc1ccco1)C(=O)Nc1ccc(C(F)(F)F)cc1. The van der Waals surface area contributed by atoms with Crippen molar-refractivity contribution in [2.45, 2.75) is 19.3 Å². The molecule has 3 rings (SSSR count). The minimum Gasteiger partial charge on any atom is -0.467 e. The highest BCUT2D eigenvalue weighted by Crippen LogP contribution is 2.29. The van der Waals surface area contributed by atoms with Crippen LogP contribution in [-0.4, -0.2) is 15.5 Å². The Morgan fingerprint density at radius 2 is 1.85 bits per heavy atom. The zero-order valence-electron chi connectivity index (χ0n) is 14.5. The Balaban J connectivity index is 1.74. The van der Waals surface area contributed by atoms with E-state index in [4.69, 9.17) is 4.42 Å². The summed E-state index contributed by atoms with van der Waals surface area (Å²) in [4.78, 5) is 14.2. The van der Waals surface area contributed by atoms with Crippen LogP contribution in [0.15, 0.2) is 65.4 Å². The quantitative estimate of drug-likeness (QED) is 0.690. The summed E-state index contributed by atoms with van der Waals surface area (Å²) in [6, 6.07) is 11.1. The van der Waals surface area contributed by atoms with Crippen LogP contribution in [0.1, 0.15) is 17.0 Å². The number of urea groups is 1. The van der Waals surface area contributed by atoms with Crippen molar-refractivity contribution in [2.24, 2.45) is 7.05 Å². The number of alkyl halides is 3. The molecule has 3 aromatic rings. The van der Waals surface area contributed by atoms with Gasteiger partial charge < -0.3 is 19.2 Å². The number of carbonyl (C=O) groups is 1. The molecule has 8 heteroatoms. The number of carbonyl (C=O) groups excluding carboxylic acids is 1. The lowest BCUT2D eigenvalue weighted by molar-refractivity contribution is -0.137. The third-order valence-electron chi connectivity index (χ3n) is 4.08. The fourth-order valence-corrected chi connectivity index (χ4v) is 2.59. The molecule has 0 saturated heterocycles. The molecule has 0 saturated carbocycles. The fourth-order valence-electron chi connectivity index (χ4n) is 2.59. The molecule has 0 aliphatic heterocycles. The van der Waals surface area contributed by atoms with Crippen LogP contribution < -0.4 is 5.32 Å². The number of benzene rings is 1. The number of halogens is 3. The van der Waals surface area contributed by atoms with Gasteiger partial charge in [-0.05, 0) is 48.5 Å². The molecule has 142 valence electrons. The van der Waals surface area contributed by atoms with Gasteiger partial charge in [-0.25, -0.2) is 4.79 Å². The summed E-state index contributed by atoms with van der Waals surface area (Å²) in [5.41, 5.74) is 0.421. The van der Waals surface area contributed by atoms with E-state index in [9.17, 15) is 18.0 Å². The maximum atomic E-state index is 12.7. The van der Waals surface area contributed by atoms with Crippen LogP contribution in [0.5, 0.6) is 0 Å². The molecule has 0 atom stereocenters. The van der Waals surface area contributed by atoms with Gasteiger partial charge >= 0.3 is 12.2 Å². The summed E-state index contributed by atoms with van der Waals surface area (Å²) in [7, 11) is 1.87. The summed E-state index contributed by atoms with van der Waals surface area (Å²) >= 11 is 0. The molecule has 2 aromatic heterocycles. The van der Waals surface area contributed by atoms with Gasteiger partial charge in [-0.3, -0.25) is 0 Å². The van der Waals surface area contributed by atoms with Crippen molar-refractivity contribution >= 4 is 11.7 Å². The molecule has 1 aromatic carbocycles. The summed E-state index contributed by atoms with van der Waals surface area (Å²) in [6.45, 7) is 0.543. The molecule has 0 aliphatic rings. The highest BCUT2D eigenvalue weighted by Gasteiger charge is 2.30. The number of nitrogens with zero attached hydrogens (tertiary/aromatic N) is 2. The van der Waals surface area contributed by atoms with Gasteiger partial charge in [0, 0.05) is 24.6 Å². The lowest BCUT2D eigenvalue weighted by atomic mass is 10.2. The Bertz CT molecular complexity index is 884. The maximum Gasteiger partial charge on any atom is 0.416 e. The summed E-state index contributed by atoms with van der Waals surface area (Å²) in [5, 5.41) is 2.63. The second kappa shape index (κ2) is 7.61. The molecular formula is C19H18F3N3O2. The minimum atomic E-state index is -4.42. The summed E-state index contributed by atoms with van der Waals surface area (Å²) in [6.07, 6.45) is -1.03. The van der Waals surface area contributed by atoms with Crippen LogP contribution >= 0.6 is 0 Å². The van der Waals surface area contributed by atoms with Crippen LogP contribution in [0.25, 0.3) is 0 Å². The van der Waals surface area contributed by atoms with E-state index in [0.29, 0.717) is 12.3 Å². The topological polar surface area (TPSA) is 50.4 Å². The third kappa shape index (κ3) is 4.72. The van der Waals surface area contributed by atoms with E-state index in [1.807, 2.05) is 29.9 Å². The predicted octanol–water partition coefficient (Wildman–Crippen LogP) is 4.87. The number of aromatic nitrogens is 1. The molecule has 2 amide bonds. The lowest BCUT2D eigenvalue weighted by Crippen LogP contribution is -2.34. The number of hydrogen-bond donors (Lipinski definition) is 1. The number of rotatable bonds is 5. The molecule has 0 radical (unpaired) electrons. The second-order valence-electron chi connectivity index (χ2n) is 6.05. The molecule has 0 spiro atoms. The zero-order valence-corrected chi connectivity index (χ0v) is 14.5. The molecule has 2 heterocycles. The van der Waals surface area contributed by atoms with Crippen molar-refractivity contribution in [3.8, 4) is 0 Å². The Hall–Kier alpha value is -3.16. The van der Waals surface area contributed by atoms with E-state index in [2.05, 4.69) is 5.32 Å². The average Bonchev–Trinajstić information content (AvgIpc) is 3.26. The maximum absolute atomic E-state index is 12.7. The molecule has 0 aliphatic carbocycles. The van der Waals surface area contributed by atoms with Crippen molar-refractivity contribution < 1.29 is 22.4 Å². The van der Waals surface area contributed by atoms with Gasteiger partial charge in [-0.15, -0.1) is 0 Å². The Kier molecular flexibility index (Phi) is 5.25. The number of aryl methyl sites for hydroxylation is 1. The number of nitrogens with one attached hydrogen (secondary N) is 1. The van der Waals surface area contributed by atoms with Crippen LogP contribution in [0.3, 0.4) is 0 Å². The van der Waals surface area contributed by atoms with Gasteiger partial charge in [0.2, 0.25) is 0 Å². The molecular weight excluding hydrogens is 359 g/mol. The first-order valence-corrected chi connectivity index (χ1v) is 8.19. The Morgan fingerprint density at radius 1 is 1.11 bits per heavy atom. The normalized spacial score (nSPS) is 11.4. The first-order valence-electron chi connectivity index (χ1n) is 8.19. The van der Waals surface area contributed by atoms with E-state index in [1.54, 1.807) is 12.1 Å². The van der Waals surface area contributed by atoms with Gasteiger partial charge in [0.25, 0.3) is 0 Å². The monoisotopic (exact) mass is 377 g/mol. The van der Waals surface area contributed by atoms with Crippen LogP contribution in [0, 0.1) is 0 Å². The number of hydrogen-bond acceptors (Lipinski definition) is 2. The lowest BCUT2D eigenvalue weighted by Gasteiger charge is -2.22. The summed E-state index contributed by atoms with van der Waals surface area (Å²) < 4.78 is 45.2. The molecule has 0 unspecified atom stereocenters. The Morgan fingerprint density at radius 3 is 2.41 bits per heavy atom. The number of amides is 2. The van der Waals surface area contributed by atoms with Crippen LogP contribution in [0.2, 0.25) is 0 Å².